The Morgan fingerprint density at radius 1 is 1.25 bits per heavy atom. The molecule has 2 heterocycles. The fourth-order valence-corrected chi connectivity index (χ4v) is 3.73. The molecule has 0 saturated heterocycles. The fourth-order valence-electron chi connectivity index (χ4n) is 3.73. The van der Waals surface area contributed by atoms with E-state index in [1.807, 2.05) is 42.1 Å². The van der Waals surface area contributed by atoms with Crippen molar-refractivity contribution in [3.63, 3.8) is 0 Å². The zero-order chi connectivity index (χ0) is 19.7. The first-order valence-electron chi connectivity index (χ1n) is 9.52. The topological polar surface area (TPSA) is 124 Å². The number of anilines is 3. The van der Waals surface area contributed by atoms with Crippen molar-refractivity contribution in [2.24, 2.45) is 18.5 Å². The van der Waals surface area contributed by atoms with E-state index in [4.69, 9.17) is 11.5 Å². The number of rotatable bonds is 5. The summed E-state index contributed by atoms with van der Waals surface area (Å²) in [7, 11) is 2.00. The molecule has 1 amide bonds. The lowest BCUT2D eigenvalue weighted by Gasteiger charge is -2.29. The Hall–Kier alpha value is -3.13. The second kappa shape index (κ2) is 7.47. The van der Waals surface area contributed by atoms with Gasteiger partial charge in [-0.1, -0.05) is 12.8 Å². The van der Waals surface area contributed by atoms with Gasteiger partial charge in [0.2, 0.25) is 5.95 Å². The third kappa shape index (κ3) is 3.63. The maximum Gasteiger partial charge on any atom is 0.254 e. The molecule has 1 aliphatic rings. The van der Waals surface area contributed by atoms with Crippen LogP contribution in [0, 0.1) is 0 Å². The highest BCUT2D eigenvalue weighted by Gasteiger charge is 2.23. The van der Waals surface area contributed by atoms with Crippen molar-refractivity contribution in [1.29, 1.82) is 0 Å². The van der Waals surface area contributed by atoms with Crippen LogP contribution in [0.2, 0.25) is 0 Å². The molecule has 0 unspecified atom stereocenters. The standard InChI is InChI=1S/C20H25N7O/c1-27-9-8-12-10-13(6-7-17(12)27)24-19-14(18(22)28)11-23-20(26-19)25-16-5-3-2-4-15(16)21/h6-11,15-16H,2-5,21H2,1H3,(H2,22,28)(H2,23,24,25,26)/t15-,16+/m0/s1. The lowest BCUT2D eigenvalue weighted by Crippen LogP contribution is -2.43. The Morgan fingerprint density at radius 2 is 2.07 bits per heavy atom. The van der Waals surface area contributed by atoms with E-state index in [9.17, 15) is 4.79 Å². The van der Waals surface area contributed by atoms with E-state index in [-0.39, 0.29) is 17.6 Å². The van der Waals surface area contributed by atoms with Crippen LogP contribution in [0.5, 0.6) is 0 Å². The number of nitrogens with zero attached hydrogens (tertiary/aromatic N) is 3. The second-order valence-electron chi connectivity index (χ2n) is 7.34. The number of carbonyl (C=O) groups excluding carboxylic acids is 1. The predicted molar refractivity (Wildman–Crippen MR) is 111 cm³/mol. The van der Waals surface area contributed by atoms with Crippen molar-refractivity contribution >= 4 is 34.3 Å². The molecule has 1 aromatic carbocycles. The van der Waals surface area contributed by atoms with Crippen LogP contribution in [0.1, 0.15) is 36.0 Å². The maximum atomic E-state index is 11.8. The first-order chi connectivity index (χ1) is 13.5. The number of amides is 1. The van der Waals surface area contributed by atoms with Crippen LogP contribution in [-0.2, 0) is 7.05 Å². The molecule has 146 valence electrons. The van der Waals surface area contributed by atoms with Gasteiger partial charge in [-0.2, -0.15) is 4.98 Å². The summed E-state index contributed by atoms with van der Waals surface area (Å²) < 4.78 is 2.05. The van der Waals surface area contributed by atoms with Gasteiger partial charge < -0.3 is 26.7 Å². The number of nitrogens with two attached hydrogens (primary N) is 2. The van der Waals surface area contributed by atoms with Crippen LogP contribution < -0.4 is 22.1 Å². The molecule has 3 aromatic rings. The summed E-state index contributed by atoms with van der Waals surface area (Å²) in [5.74, 6) is 0.240. The molecule has 4 rings (SSSR count). The van der Waals surface area contributed by atoms with Crippen molar-refractivity contribution < 1.29 is 4.79 Å². The van der Waals surface area contributed by atoms with Gasteiger partial charge in [0.25, 0.3) is 5.91 Å². The zero-order valence-electron chi connectivity index (χ0n) is 15.9. The normalized spacial score (nSPS) is 19.5. The third-order valence-corrected chi connectivity index (χ3v) is 5.34. The Morgan fingerprint density at radius 3 is 2.86 bits per heavy atom. The lowest BCUT2D eigenvalue weighted by atomic mass is 9.91. The van der Waals surface area contributed by atoms with Gasteiger partial charge in [-0.3, -0.25) is 4.79 Å². The Labute approximate surface area is 163 Å². The van der Waals surface area contributed by atoms with E-state index in [1.165, 1.54) is 6.20 Å². The SMILES string of the molecule is Cn1ccc2cc(Nc3nc(N[C@@H]4CCCC[C@@H]4N)ncc3C(N)=O)ccc21. The maximum absolute atomic E-state index is 11.8. The summed E-state index contributed by atoms with van der Waals surface area (Å²) in [4.78, 5) is 20.6. The summed E-state index contributed by atoms with van der Waals surface area (Å²) in [6.07, 6.45) is 7.70. The van der Waals surface area contributed by atoms with Crippen molar-refractivity contribution in [1.82, 2.24) is 14.5 Å². The fraction of sp³-hybridized carbons (Fsp3) is 0.350. The minimum atomic E-state index is -0.579. The monoisotopic (exact) mass is 379 g/mol. The van der Waals surface area contributed by atoms with Gasteiger partial charge in [0.05, 0.1) is 0 Å². The molecule has 6 N–H and O–H groups in total. The van der Waals surface area contributed by atoms with Gasteiger partial charge in [-0.05, 0) is 37.1 Å². The van der Waals surface area contributed by atoms with Gasteiger partial charge in [0.1, 0.15) is 11.4 Å². The molecular formula is C20H25N7O. The van der Waals surface area contributed by atoms with E-state index >= 15 is 0 Å². The van der Waals surface area contributed by atoms with E-state index in [0.29, 0.717) is 11.8 Å². The largest absolute Gasteiger partial charge is 0.365 e. The molecule has 1 aliphatic carbocycles. The minimum Gasteiger partial charge on any atom is -0.365 e. The highest BCUT2D eigenvalue weighted by atomic mass is 16.1. The Balaban J connectivity index is 1.62. The lowest BCUT2D eigenvalue weighted by molar-refractivity contribution is 0.100. The summed E-state index contributed by atoms with van der Waals surface area (Å²) >= 11 is 0. The second-order valence-corrected chi connectivity index (χ2v) is 7.34. The average molecular weight is 379 g/mol. The van der Waals surface area contributed by atoms with Crippen LogP contribution in [0.15, 0.2) is 36.7 Å². The molecule has 1 fully saturated rings. The van der Waals surface area contributed by atoms with Crippen molar-refractivity contribution in [2.75, 3.05) is 10.6 Å². The van der Waals surface area contributed by atoms with Crippen LogP contribution in [0.3, 0.4) is 0 Å². The average Bonchev–Trinajstić information content (AvgIpc) is 3.04. The molecule has 8 nitrogen and oxygen atoms in total. The van der Waals surface area contributed by atoms with Crippen molar-refractivity contribution in [2.45, 2.75) is 37.8 Å². The van der Waals surface area contributed by atoms with Crippen LogP contribution in [0.25, 0.3) is 10.9 Å². The number of carbonyl (C=O) groups is 1. The van der Waals surface area contributed by atoms with E-state index < -0.39 is 5.91 Å². The van der Waals surface area contributed by atoms with Crippen LogP contribution in [0.4, 0.5) is 17.5 Å². The molecule has 0 radical (unpaired) electrons. The summed E-state index contributed by atoms with van der Waals surface area (Å²) in [6.45, 7) is 0. The third-order valence-electron chi connectivity index (χ3n) is 5.34. The first kappa shape index (κ1) is 18.2. The smallest absolute Gasteiger partial charge is 0.254 e. The number of hydrogen-bond donors (Lipinski definition) is 4. The molecule has 1 saturated carbocycles. The molecule has 2 atom stereocenters. The summed E-state index contributed by atoms with van der Waals surface area (Å²) in [6, 6.07) is 8.20. The summed E-state index contributed by atoms with van der Waals surface area (Å²) in [5, 5.41) is 7.62. The number of aryl methyl sites for hydroxylation is 1. The molecule has 0 spiro atoms. The Bertz CT molecular complexity index is 1010. The van der Waals surface area contributed by atoms with Crippen LogP contribution >= 0.6 is 0 Å². The Kier molecular flexibility index (Phi) is 4.87. The molecule has 2 aromatic heterocycles. The van der Waals surface area contributed by atoms with Gasteiger partial charge in [-0.15, -0.1) is 0 Å². The molecule has 8 heteroatoms. The van der Waals surface area contributed by atoms with Crippen molar-refractivity contribution in [3.8, 4) is 0 Å². The van der Waals surface area contributed by atoms with Gasteiger partial charge in [0.15, 0.2) is 0 Å². The highest BCUT2D eigenvalue weighted by molar-refractivity contribution is 5.98. The van der Waals surface area contributed by atoms with Crippen molar-refractivity contribution in [3.05, 3.63) is 42.2 Å². The molecule has 0 bridgehead atoms. The summed E-state index contributed by atoms with van der Waals surface area (Å²) in [5.41, 5.74) is 13.9. The number of primary amides is 1. The molecular weight excluding hydrogens is 354 g/mol. The van der Waals surface area contributed by atoms with Gasteiger partial charge >= 0.3 is 0 Å². The zero-order valence-corrected chi connectivity index (χ0v) is 15.9. The number of hydrogen-bond acceptors (Lipinski definition) is 6. The van der Waals surface area contributed by atoms with E-state index in [2.05, 4.69) is 20.6 Å². The minimum absolute atomic E-state index is 0.0741. The molecule has 28 heavy (non-hydrogen) atoms. The number of benzene rings is 1. The van der Waals surface area contributed by atoms with Gasteiger partial charge in [-0.25, -0.2) is 4.98 Å². The molecule has 0 aliphatic heterocycles. The number of fused-ring (bicyclic) bond motifs is 1. The van der Waals surface area contributed by atoms with E-state index in [1.54, 1.807) is 0 Å². The van der Waals surface area contributed by atoms with Gasteiger partial charge in [0, 0.05) is 48.1 Å². The number of aromatic nitrogens is 3. The number of nitrogens with one attached hydrogen (secondary N) is 2. The quantitative estimate of drug-likeness (QED) is 0.540. The first-order valence-corrected chi connectivity index (χ1v) is 9.52. The van der Waals surface area contributed by atoms with E-state index in [0.717, 1.165) is 42.3 Å². The highest BCUT2D eigenvalue weighted by Crippen LogP contribution is 2.25. The van der Waals surface area contributed by atoms with Crippen LogP contribution in [-0.4, -0.2) is 32.5 Å². The predicted octanol–water partition coefficient (Wildman–Crippen LogP) is 2.49.